The molecule has 1 aliphatic heterocycles. The summed E-state index contributed by atoms with van der Waals surface area (Å²) in [4.78, 5) is 17.1. The van der Waals surface area contributed by atoms with Crippen LogP contribution in [0.25, 0.3) is 0 Å². The molecule has 94 valence electrons. The van der Waals surface area contributed by atoms with Gasteiger partial charge in [0.25, 0.3) is 0 Å². The first-order chi connectivity index (χ1) is 7.89. The Labute approximate surface area is 106 Å². The molecule has 0 aromatic carbocycles. The first-order valence-corrected chi connectivity index (χ1v) is 6.85. The molecule has 1 aromatic heterocycles. The predicted octanol–water partition coefficient (Wildman–Crippen LogP) is 3.49. The third-order valence-corrected chi connectivity index (χ3v) is 4.13. The van der Waals surface area contributed by atoms with E-state index >= 15 is 0 Å². The fourth-order valence-corrected chi connectivity index (χ4v) is 3.25. The Morgan fingerprint density at radius 1 is 1.47 bits per heavy atom. The number of aromatic nitrogens is 1. The molecule has 0 amide bonds. The van der Waals surface area contributed by atoms with Gasteiger partial charge in [-0.2, -0.15) is 0 Å². The molecule has 1 aliphatic rings. The summed E-state index contributed by atoms with van der Waals surface area (Å²) >= 11 is 1.51. The molecule has 0 radical (unpaired) electrons. The number of ketones is 1. The Morgan fingerprint density at radius 2 is 2.18 bits per heavy atom. The fourth-order valence-electron chi connectivity index (χ4n) is 1.99. The third-order valence-electron chi connectivity index (χ3n) is 2.88. The van der Waals surface area contributed by atoms with Gasteiger partial charge in [0.2, 0.25) is 0 Å². The zero-order valence-corrected chi connectivity index (χ0v) is 11.7. The van der Waals surface area contributed by atoms with Gasteiger partial charge >= 0.3 is 0 Å². The minimum absolute atomic E-state index is 0.0889. The first-order valence-electron chi connectivity index (χ1n) is 6.03. The minimum Gasteiger partial charge on any atom is -0.371 e. The van der Waals surface area contributed by atoms with Gasteiger partial charge in [-0.3, -0.25) is 4.79 Å². The van der Waals surface area contributed by atoms with E-state index in [9.17, 15) is 4.79 Å². The SMILES string of the molecule is CC(=O)c1sc(C2CCCO2)nc1C(C)(C)C. The van der Waals surface area contributed by atoms with Crippen molar-refractivity contribution in [1.82, 2.24) is 4.98 Å². The number of thiazole rings is 1. The topological polar surface area (TPSA) is 39.2 Å². The summed E-state index contributed by atoms with van der Waals surface area (Å²) in [7, 11) is 0. The highest BCUT2D eigenvalue weighted by Crippen LogP contribution is 2.36. The molecule has 0 bridgehead atoms. The highest BCUT2D eigenvalue weighted by Gasteiger charge is 2.29. The summed E-state index contributed by atoms with van der Waals surface area (Å²) in [6, 6.07) is 0. The molecule has 0 aliphatic carbocycles. The van der Waals surface area contributed by atoms with E-state index in [-0.39, 0.29) is 17.3 Å². The number of Topliss-reactive ketones (excluding diaryl/α,β-unsaturated/α-hetero) is 1. The number of nitrogens with zero attached hydrogens (tertiary/aromatic N) is 1. The molecule has 1 unspecified atom stereocenters. The molecule has 17 heavy (non-hydrogen) atoms. The van der Waals surface area contributed by atoms with Crippen LogP contribution in [0.4, 0.5) is 0 Å². The molecule has 4 heteroatoms. The maximum absolute atomic E-state index is 11.7. The lowest BCUT2D eigenvalue weighted by Crippen LogP contribution is -2.15. The maximum Gasteiger partial charge on any atom is 0.171 e. The van der Waals surface area contributed by atoms with Crippen LogP contribution in [0.3, 0.4) is 0 Å². The van der Waals surface area contributed by atoms with Crippen LogP contribution in [-0.2, 0) is 10.2 Å². The van der Waals surface area contributed by atoms with Gasteiger partial charge in [-0.1, -0.05) is 20.8 Å². The van der Waals surface area contributed by atoms with Crippen molar-refractivity contribution in [3.8, 4) is 0 Å². The summed E-state index contributed by atoms with van der Waals surface area (Å²) in [5, 5.41) is 0.970. The van der Waals surface area contributed by atoms with Crippen molar-refractivity contribution in [2.75, 3.05) is 6.61 Å². The minimum atomic E-state index is -0.0889. The Morgan fingerprint density at radius 3 is 2.59 bits per heavy atom. The molecule has 0 saturated carbocycles. The zero-order chi connectivity index (χ0) is 12.6. The van der Waals surface area contributed by atoms with Gasteiger partial charge in [-0.25, -0.2) is 4.98 Å². The molecule has 0 spiro atoms. The summed E-state index contributed by atoms with van der Waals surface area (Å²) in [6.07, 6.45) is 2.22. The highest BCUT2D eigenvalue weighted by molar-refractivity contribution is 7.13. The van der Waals surface area contributed by atoms with Crippen molar-refractivity contribution in [3.05, 3.63) is 15.6 Å². The van der Waals surface area contributed by atoms with Gasteiger partial charge in [-0.15, -0.1) is 11.3 Å². The standard InChI is InChI=1S/C13H19NO2S/c1-8(15)10-11(13(2,3)4)14-12(17-10)9-6-5-7-16-9/h9H,5-7H2,1-4H3. The molecule has 2 heterocycles. The van der Waals surface area contributed by atoms with Crippen molar-refractivity contribution in [1.29, 1.82) is 0 Å². The number of hydrogen-bond donors (Lipinski definition) is 0. The van der Waals surface area contributed by atoms with Gasteiger partial charge in [-0.05, 0) is 12.8 Å². The van der Waals surface area contributed by atoms with E-state index in [4.69, 9.17) is 4.74 Å². The summed E-state index contributed by atoms with van der Waals surface area (Å²) in [6.45, 7) is 8.70. The van der Waals surface area contributed by atoms with E-state index in [0.29, 0.717) is 0 Å². The van der Waals surface area contributed by atoms with Crippen molar-refractivity contribution < 1.29 is 9.53 Å². The van der Waals surface area contributed by atoms with Crippen molar-refractivity contribution in [3.63, 3.8) is 0 Å². The van der Waals surface area contributed by atoms with Gasteiger partial charge in [0.15, 0.2) is 5.78 Å². The van der Waals surface area contributed by atoms with E-state index in [0.717, 1.165) is 35.0 Å². The van der Waals surface area contributed by atoms with E-state index < -0.39 is 0 Å². The average Bonchev–Trinajstić information content (AvgIpc) is 2.85. The van der Waals surface area contributed by atoms with Gasteiger partial charge in [0.1, 0.15) is 11.1 Å². The molecule has 0 N–H and O–H groups in total. The van der Waals surface area contributed by atoms with E-state index in [1.54, 1.807) is 6.92 Å². The first kappa shape index (κ1) is 12.7. The zero-order valence-electron chi connectivity index (χ0n) is 10.9. The second kappa shape index (κ2) is 4.50. The Kier molecular flexibility index (Phi) is 3.36. The Bertz CT molecular complexity index is 425. The number of ether oxygens (including phenoxy) is 1. The van der Waals surface area contributed by atoms with E-state index in [1.807, 2.05) is 0 Å². The average molecular weight is 253 g/mol. The van der Waals surface area contributed by atoms with Crippen LogP contribution in [-0.4, -0.2) is 17.4 Å². The molecule has 2 rings (SSSR count). The summed E-state index contributed by atoms with van der Waals surface area (Å²) in [5.74, 6) is 0.108. The molecular weight excluding hydrogens is 234 g/mol. The molecule has 1 saturated heterocycles. The smallest absolute Gasteiger partial charge is 0.171 e. The molecule has 1 fully saturated rings. The normalized spacial score (nSPS) is 20.8. The van der Waals surface area contributed by atoms with Crippen LogP contribution in [0.1, 0.15) is 67.0 Å². The fraction of sp³-hybridized carbons (Fsp3) is 0.692. The van der Waals surface area contributed by atoms with Gasteiger partial charge < -0.3 is 4.74 Å². The maximum atomic E-state index is 11.7. The predicted molar refractivity (Wildman–Crippen MR) is 68.7 cm³/mol. The number of hydrogen-bond acceptors (Lipinski definition) is 4. The molecule has 1 aromatic rings. The lowest BCUT2D eigenvalue weighted by molar-refractivity contribution is 0.101. The summed E-state index contributed by atoms with van der Waals surface area (Å²) < 4.78 is 5.64. The summed E-state index contributed by atoms with van der Waals surface area (Å²) in [5.41, 5.74) is 0.828. The lowest BCUT2D eigenvalue weighted by Gasteiger charge is -2.16. The number of carbonyl (C=O) groups excluding carboxylic acids is 1. The molecular formula is C13H19NO2S. The van der Waals surface area contributed by atoms with Crippen LogP contribution in [0.2, 0.25) is 0 Å². The second-order valence-corrected chi connectivity index (χ2v) is 6.57. The quantitative estimate of drug-likeness (QED) is 0.757. The third kappa shape index (κ3) is 2.58. The largest absolute Gasteiger partial charge is 0.371 e. The monoisotopic (exact) mass is 253 g/mol. The van der Waals surface area contributed by atoms with Crippen molar-refractivity contribution in [2.45, 2.75) is 52.1 Å². The molecule has 1 atom stereocenters. The number of rotatable bonds is 2. The molecule has 3 nitrogen and oxygen atoms in total. The highest BCUT2D eigenvalue weighted by atomic mass is 32.1. The van der Waals surface area contributed by atoms with Crippen LogP contribution in [0.15, 0.2) is 0 Å². The van der Waals surface area contributed by atoms with Crippen molar-refractivity contribution in [2.24, 2.45) is 0 Å². The Balaban J connectivity index is 2.40. The second-order valence-electron chi connectivity index (χ2n) is 5.54. The van der Waals surface area contributed by atoms with Gasteiger partial charge in [0, 0.05) is 18.9 Å². The Hall–Kier alpha value is -0.740. The number of carbonyl (C=O) groups is 1. The van der Waals surface area contributed by atoms with E-state index in [1.165, 1.54) is 11.3 Å². The lowest BCUT2D eigenvalue weighted by atomic mass is 9.90. The van der Waals surface area contributed by atoms with E-state index in [2.05, 4.69) is 25.8 Å². The van der Waals surface area contributed by atoms with Crippen LogP contribution in [0, 0.1) is 0 Å². The van der Waals surface area contributed by atoms with Crippen molar-refractivity contribution >= 4 is 17.1 Å². The van der Waals surface area contributed by atoms with Crippen LogP contribution < -0.4 is 0 Å². The van der Waals surface area contributed by atoms with Crippen LogP contribution >= 0.6 is 11.3 Å². The van der Waals surface area contributed by atoms with Gasteiger partial charge in [0.05, 0.1) is 10.6 Å². The van der Waals surface area contributed by atoms with Crippen LogP contribution in [0.5, 0.6) is 0 Å².